The van der Waals surface area contributed by atoms with Gasteiger partial charge in [-0.25, -0.2) is 0 Å². The van der Waals surface area contributed by atoms with E-state index in [0.29, 0.717) is 5.92 Å². The molecular formula is C14H15N3OS. The number of carbonyl (C=O) groups is 1. The molecule has 0 unspecified atom stereocenters. The summed E-state index contributed by atoms with van der Waals surface area (Å²) < 4.78 is 0. The van der Waals surface area contributed by atoms with Gasteiger partial charge >= 0.3 is 0 Å². The van der Waals surface area contributed by atoms with Crippen molar-refractivity contribution in [2.45, 2.75) is 18.8 Å². The number of aromatic nitrogens is 2. The summed E-state index contributed by atoms with van der Waals surface area (Å²) in [5, 5.41) is 0. The molecule has 3 heterocycles. The maximum atomic E-state index is 12.3. The zero-order valence-electron chi connectivity index (χ0n) is 10.5. The van der Waals surface area contributed by atoms with Gasteiger partial charge in [0.15, 0.2) is 0 Å². The van der Waals surface area contributed by atoms with Crippen LogP contribution in [0.1, 0.15) is 34.0 Å². The number of pyridine rings is 1. The molecule has 4 nitrogen and oxygen atoms in total. The first-order valence-electron chi connectivity index (χ1n) is 6.42. The number of likely N-dealkylation sites (tertiary alicyclic amines) is 1. The topological polar surface area (TPSA) is 46.1 Å². The molecule has 1 aliphatic rings. The van der Waals surface area contributed by atoms with Crippen molar-refractivity contribution in [1.82, 2.24) is 14.9 Å². The standard InChI is InChI=1S/C14H15N3OS/c18-14(13-8-16-10-19-13)17-7-1-2-12(9-17)11-3-5-15-6-4-11/h3-6,8,10,12H,1-2,7,9H2/t12-/m0/s1. The van der Waals surface area contributed by atoms with Crippen LogP contribution in [0.3, 0.4) is 0 Å². The molecule has 0 spiro atoms. The van der Waals surface area contributed by atoms with Crippen LogP contribution in [0.25, 0.3) is 0 Å². The van der Waals surface area contributed by atoms with Crippen molar-refractivity contribution in [1.29, 1.82) is 0 Å². The van der Waals surface area contributed by atoms with Crippen molar-refractivity contribution in [2.24, 2.45) is 0 Å². The summed E-state index contributed by atoms with van der Waals surface area (Å²) in [5.41, 5.74) is 2.98. The number of carbonyl (C=O) groups excluding carboxylic acids is 1. The van der Waals surface area contributed by atoms with Crippen LogP contribution in [0.2, 0.25) is 0 Å². The van der Waals surface area contributed by atoms with Crippen LogP contribution in [0.4, 0.5) is 0 Å². The van der Waals surface area contributed by atoms with E-state index in [1.807, 2.05) is 29.4 Å². The predicted molar refractivity (Wildman–Crippen MR) is 74.2 cm³/mol. The first-order chi connectivity index (χ1) is 9.34. The van der Waals surface area contributed by atoms with Gasteiger partial charge in [-0.3, -0.25) is 14.8 Å². The number of piperidine rings is 1. The maximum absolute atomic E-state index is 12.3. The van der Waals surface area contributed by atoms with E-state index >= 15 is 0 Å². The Morgan fingerprint density at radius 3 is 2.89 bits per heavy atom. The summed E-state index contributed by atoms with van der Waals surface area (Å²) in [4.78, 5) is 23.0. The highest BCUT2D eigenvalue weighted by Crippen LogP contribution is 2.27. The molecule has 1 amide bonds. The Kier molecular flexibility index (Phi) is 3.55. The van der Waals surface area contributed by atoms with Gasteiger partial charge in [-0.05, 0) is 30.5 Å². The average molecular weight is 273 g/mol. The monoisotopic (exact) mass is 273 g/mol. The summed E-state index contributed by atoms with van der Waals surface area (Å²) in [6.07, 6.45) is 7.48. The number of nitrogens with zero attached hydrogens (tertiary/aromatic N) is 3. The minimum absolute atomic E-state index is 0.112. The van der Waals surface area contributed by atoms with Gasteiger partial charge in [0.25, 0.3) is 5.91 Å². The van der Waals surface area contributed by atoms with Gasteiger partial charge in [0.05, 0.1) is 11.7 Å². The van der Waals surface area contributed by atoms with Crippen LogP contribution in [-0.2, 0) is 0 Å². The molecule has 3 rings (SSSR count). The third-order valence-corrected chi connectivity index (χ3v) is 4.29. The Morgan fingerprint density at radius 1 is 1.32 bits per heavy atom. The SMILES string of the molecule is O=C(c1cncs1)N1CCC[C@H](c2ccncc2)C1. The van der Waals surface area contributed by atoms with Gasteiger partial charge in [-0.15, -0.1) is 11.3 Å². The molecule has 1 aliphatic heterocycles. The van der Waals surface area contributed by atoms with Gasteiger partial charge < -0.3 is 4.90 Å². The summed E-state index contributed by atoms with van der Waals surface area (Å²) in [5.74, 6) is 0.537. The van der Waals surface area contributed by atoms with E-state index < -0.39 is 0 Å². The number of hydrogen-bond donors (Lipinski definition) is 0. The molecule has 1 atom stereocenters. The molecule has 19 heavy (non-hydrogen) atoms. The van der Waals surface area contributed by atoms with E-state index in [2.05, 4.69) is 9.97 Å². The van der Waals surface area contributed by atoms with Gasteiger partial charge in [-0.2, -0.15) is 0 Å². The lowest BCUT2D eigenvalue weighted by atomic mass is 9.91. The van der Waals surface area contributed by atoms with Crippen LogP contribution in [0.15, 0.2) is 36.2 Å². The Labute approximate surface area is 116 Å². The lowest BCUT2D eigenvalue weighted by Crippen LogP contribution is -2.38. The zero-order valence-corrected chi connectivity index (χ0v) is 11.3. The summed E-state index contributed by atoms with van der Waals surface area (Å²) in [6, 6.07) is 4.09. The van der Waals surface area contributed by atoms with E-state index in [-0.39, 0.29) is 5.91 Å². The quantitative estimate of drug-likeness (QED) is 0.844. The van der Waals surface area contributed by atoms with Crippen molar-refractivity contribution >= 4 is 17.2 Å². The first-order valence-corrected chi connectivity index (χ1v) is 7.30. The van der Waals surface area contributed by atoms with Gasteiger partial charge in [0.1, 0.15) is 4.88 Å². The first kappa shape index (κ1) is 12.3. The van der Waals surface area contributed by atoms with Crippen LogP contribution in [0, 0.1) is 0 Å². The van der Waals surface area contributed by atoms with E-state index in [4.69, 9.17) is 0 Å². The van der Waals surface area contributed by atoms with Crippen LogP contribution in [-0.4, -0.2) is 33.9 Å². The Balaban J connectivity index is 1.73. The molecule has 0 aliphatic carbocycles. The van der Waals surface area contributed by atoms with Crippen LogP contribution >= 0.6 is 11.3 Å². The molecule has 0 saturated carbocycles. The molecule has 0 N–H and O–H groups in total. The average Bonchev–Trinajstić information content (AvgIpc) is 3.02. The lowest BCUT2D eigenvalue weighted by Gasteiger charge is -2.32. The van der Waals surface area contributed by atoms with Crippen molar-refractivity contribution in [3.8, 4) is 0 Å². The number of hydrogen-bond acceptors (Lipinski definition) is 4. The Hall–Kier alpha value is -1.75. The largest absolute Gasteiger partial charge is 0.337 e. The number of thiazole rings is 1. The highest BCUT2D eigenvalue weighted by atomic mass is 32.1. The fourth-order valence-electron chi connectivity index (χ4n) is 2.55. The van der Waals surface area contributed by atoms with Crippen molar-refractivity contribution in [3.63, 3.8) is 0 Å². The molecule has 2 aromatic heterocycles. The summed E-state index contributed by atoms with van der Waals surface area (Å²) in [7, 11) is 0. The molecule has 0 bridgehead atoms. The summed E-state index contributed by atoms with van der Waals surface area (Å²) >= 11 is 1.41. The fraction of sp³-hybridized carbons (Fsp3) is 0.357. The van der Waals surface area contributed by atoms with E-state index in [9.17, 15) is 4.79 Å². The fourth-order valence-corrected chi connectivity index (χ4v) is 3.13. The Bertz CT molecular complexity index is 541. The van der Waals surface area contributed by atoms with Gasteiger partial charge in [-0.1, -0.05) is 0 Å². The molecule has 1 saturated heterocycles. The second-order valence-electron chi connectivity index (χ2n) is 4.74. The van der Waals surface area contributed by atoms with Gasteiger partial charge in [0, 0.05) is 31.4 Å². The third kappa shape index (κ3) is 2.66. The highest BCUT2D eigenvalue weighted by Gasteiger charge is 2.25. The second kappa shape index (κ2) is 5.48. The normalized spacial score (nSPS) is 19.4. The Morgan fingerprint density at radius 2 is 2.16 bits per heavy atom. The molecule has 5 heteroatoms. The van der Waals surface area contributed by atoms with Crippen molar-refractivity contribution in [3.05, 3.63) is 46.7 Å². The molecular weight excluding hydrogens is 258 g/mol. The maximum Gasteiger partial charge on any atom is 0.265 e. The molecule has 1 fully saturated rings. The lowest BCUT2D eigenvalue weighted by molar-refractivity contribution is 0.0712. The minimum Gasteiger partial charge on any atom is -0.337 e. The zero-order chi connectivity index (χ0) is 13.1. The second-order valence-corrected chi connectivity index (χ2v) is 5.62. The van der Waals surface area contributed by atoms with E-state index in [1.165, 1.54) is 16.9 Å². The highest BCUT2D eigenvalue weighted by molar-refractivity contribution is 7.11. The molecule has 2 aromatic rings. The number of amides is 1. The summed E-state index contributed by atoms with van der Waals surface area (Å²) in [6.45, 7) is 1.64. The molecule has 0 aromatic carbocycles. The minimum atomic E-state index is 0.112. The van der Waals surface area contributed by atoms with Crippen LogP contribution < -0.4 is 0 Å². The van der Waals surface area contributed by atoms with E-state index in [0.717, 1.165) is 30.8 Å². The third-order valence-electron chi connectivity index (χ3n) is 3.53. The molecule has 0 radical (unpaired) electrons. The predicted octanol–water partition coefficient (Wildman–Crippen LogP) is 2.56. The van der Waals surface area contributed by atoms with Crippen LogP contribution in [0.5, 0.6) is 0 Å². The van der Waals surface area contributed by atoms with Crippen molar-refractivity contribution in [2.75, 3.05) is 13.1 Å². The smallest absolute Gasteiger partial charge is 0.265 e. The number of rotatable bonds is 2. The van der Waals surface area contributed by atoms with Crippen molar-refractivity contribution < 1.29 is 4.79 Å². The van der Waals surface area contributed by atoms with Gasteiger partial charge in [0.2, 0.25) is 0 Å². The van der Waals surface area contributed by atoms with E-state index in [1.54, 1.807) is 11.7 Å². The molecule has 98 valence electrons.